The lowest BCUT2D eigenvalue weighted by Crippen LogP contribution is -2.39. The number of hydrogen-bond acceptors (Lipinski definition) is 5. The molecule has 1 aliphatic rings. The standard InChI is InChI=1S/C35H35N3O4/c1-23-33(20-38-22-37-31-8-3-4-9-32(31)38)41-35(42-34(23)28-12-10-25(21-39)11-13-28)29-16-14-27(15-17-29)30-7-5-6-26(18-30)19-36-24(2)40/h3-18,22-23,33-35,39H,19-21H2,1-2H3,(H,36,40)/t23-,33+,34+,35+/m0/s1. The van der Waals surface area contributed by atoms with Gasteiger partial charge in [-0.2, -0.15) is 0 Å². The van der Waals surface area contributed by atoms with Gasteiger partial charge in [-0.25, -0.2) is 4.98 Å². The first kappa shape index (κ1) is 27.8. The number of ether oxygens (including phenoxy) is 2. The molecule has 1 aliphatic heterocycles. The molecular weight excluding hydrogens is 526 g/mol. The van der Waals surface area contributed by atoms with Gasteiger partial charge in [0.1, 0.15) is 0 Å². The maximum absolute atomic E-state index is 11.3. The van der Waals surface area contributed by atoms with Gasteiger partial charge in [-0.15, -0.1) is 0 Å². The van der Waals surface area contributed by atoms with Gasteiger partial charge in [-0.05, 0) is 46.0 Å². The fourth-order valence-electron chi connectivity index (χ4n) is 5.60. The Labute approximate surface area is 245 Å². The van der Waals surface area contributed by atoms with Crippen LogP contribution in [-0.4, -0.2) is 26.7 Å². The first-order chi connectivity index (χ1) is 20.5. The number of aliphatic hydroxyl groups is 1. The van der Waals surface area contributed by atoms with Crippen LogP contribution in [0, 0.1) is 5.92 Å². The average Bonchev–Trinajstić information content (AvgIpc) is 3.44. The van der Waals surface area contributed by atoms with E-state index in [4.69, 9.17) is 9.47 Å². The molecule has 5 aromatic rings. The second kappa shape index (κ2) is 12.3. The van der Waals surface area contributed by atoms with Gasteiger partial charge >= 0.3 is 0 Å². The molecule has 0 spiro atoms. The Morgan fingerprint density at radius 2 is 1.64 bits per heavy atom. The number of fused-ring (bicyclic) bond motifs is 1. The van der Waals surface area contributed by atoms with Gasteiger partial charge in [0.25, 0.3) is 0 Å². The van der Waals surface area contributed by atoms with Crippen LogP contribution in [0.3, 0.4) is 0 Å². The number of amides is 1. The molecule has 42 heavy (non-hydrogen) atoms. The summed E-state index contributed by atoms with van der Waals surface area (Å²) in [4.78, 5) is 15.9. The molecule has 6 rings (SSSR count). The van der Waals surface area contributed by atoms with Crippen molar-refractivity contribution < 1.29 is 19.4 Å². The molecule has 0 radical (unpaired) electrons. The summed E-state index contributed by atoms with van der Waals surface area (Å²) in [6.45, 7) is 4.84. The van der Waals surface area contributed by atoms with E-state index in [0.717, 1.165) is 44.4 Å². The quantitative estimate of drug-likeness (QED) is 0.232. The van der Waals surface area contributed by atoms with Crippen LogP contribution in [-0.2, 0) is 34.0 Å². The highest BCUT2D eigenvalue weighted by atomic mass is 16.7. The number of carbonyl (C=O) groups is 1. The van der Waals surface area contributed by atoms with E-state index in [1.807, 2.05) is 60.9 Å². The summed E-state index contributed by atoms with van der Waals surface area (Å²) < 4.78 is 15.5. The Morgan fingerprint density at radius 3 is 2.40 bits per heavy atom. The van der Waals surface area contributed by atoms with Crippen molar-refractivity contribution in [1.29, 1.82) is 0 Å². The average molecular weight is 562 g/mol. The predicted octanol–water partition coefficient (Wildman–Crippen LogP) is 6.32. The number of aliphatic hydroxyl groups excluding tert-OH is 1. The highest BCUT2D eigenvalue weighted by Gasteiger charge is 2.38. The third kappa shape index (κ3) is 5.99. The van der Waals surface area contributed by atoms with Crippen LogP contribution in [0.4, 0.5) is 0 Å². The van der Waals surface area contributed by atoms with Crippen molar-refractivity contribution in [2.45, 2.75) is 52.0 Å². The number of nitrogens with one attached hydrogen (secondary N) is 1. The molecule has 0 aliphatic carbocycles. The predicted molar refractivity (Wildman–Crippen MR) is 162 cm³/mol. The fourth-order valence-corrected chi connectivity index (χ4v) is 5.60. The van der Waals surface area contributed by atoms with E-state index in [1.54, 1.807) is 0 Å². The number of para-hydroxylation sites is 2. The van der Waals surface area contributed by atoms with Gasteiger partial charge in [0.05, 0.1) is 42.7 Å². The van der Waals surface area contributed by atoms with Crippen LogP contribution in [0.25, 0.3) is 22.2 Å². The van der Waals surface area contributed by atoms with Gasteiger partial charge < -0.3 is 24.5 Å². The lowest BCUT2D eigenvalue weighted by Gasteiger charge is -2.41. The zero-order chi connectivity index (χ0) is 29.1. The second-order valence-corrected chi connectivity index (χ2v) is 10.9. The summed E-state index contributed by atoms with van der Waals surface area (Å²) in [6, 6.07) is 32.6. The molecular formula is C35H35N3O4. The van der Waals surface area contributed by atoms with Crippen LogP contribution in [0.15, 0.2) is 103 Å². The molecule has 1 amide bonds. The molecule has 2 N–H and O–H groups in total. The number of nitrogens with zero attached hydrogens (tertiary/aromatic N) is 2. The fraction of sp³-hybridized carbons (Fsp3) is 0.257. The normalized spacial score (nSPS) is 20.5. The Balaban J connectivity index is 1.27. The zero-order valence-corrected chi connectivity index (χ0v) is 23.8. The summed E-state index contributed by atoms with van der Waals surface area (Å²) in [5, 5.41) is 12.4. The van der Waals surface area contributed by atoms with E-state index in [9.17, 15) is 9.90 Å². The maximum Gasteiger partial charge on any atom is 0.217 e. The number of carbonyl (C=O) groups excluding carboxylic acids is 1. The van der Waals surface area contributed by atoms with Crippen LogP contribution in [0.2, 0.25) is 0 Å². The zero-order valence-electron chi connectivity index (χ0n) is 23.8. The maximum atomic E-state index is 11.3. The SMILES string of the molecule is CC(=O)NCc1cccc(-c2ccc([C@@H]3O[C@H](Cn4cnc5ccccc54)[C@H](C)[C@H](c4ccc(CO)cc4)O3)cc2)c1. The van der Waals surface area contributed by atoms with E-state index in [0.29, 0.717) is 13.1 Å². The minimum atomic E-state index is -0.552. The number of hydrogen-bond donors (Lipinski definition) is 2. The van der Waals surface area contributed by atoms with Crippen molar-refractivity contribution in [3.05, 3.63) is 126 Å². The van der Waals surface area contributed by atoms with Gasteiger partial charge in [-0.1, -0.05) is 85.8 Å². The second-order valence-electron chi connectivity index (χ2n) is 10.9. The van der Waals surface area contributed by atoms with Crippen molar-refractivity contribution >= 4 is 16.9 Å². The summed E-state index contributed by atoms with van der Waals surface area (Å²) >= 11 is 0. The molecule has 214 valence electrons. The van der Waals surface area contributed by atoms with Crippen LogP contribution in [0.5, 0.6) is 0 Å². The van der Waals surface area contributed by atoms with Gasteiger partial charge in [0.15, 0.2) is 6.29 Å². The van der Waals surface area contributed by atoms with Crippen molar-refractivity contribution in [1.82, 2.24) is 14.9 Å². The molecule has 4 aromatic carbocycles. The first-order valence-electron chi connectivity index (χ1n) is 14.3. The molecule has 2 heterocycles. The summed E-state index contributed by atoms with van der Waals surface area (Å²) in [5.74, 6) is 0.0155. The smallest absolute Gasteiger partial charge is 0.217 e. The Kier molecular flexibility index (Phi) is 8.15. The lowest BCUT2D eigenvalue weighted by atomic mass is 9.90. The highest BCUT2D eigenvalue weighted by molar-refractivity contribution is 5.75. The Hall–Kier alpha value is -4.30. The molecule has 1 fully saturated rings. The number of rotatable bonds is 8. The van der Waals surface area contributed by atoms with Crippen molar-refractivity contribution in [3.8, 4) is 11.1 Å². The van der Waals surface area contributed by atoms with Crippen molar-refractivity contribution in [2.75, 3.05) is 0 Å². The summed E-state index contributed by atoms with van der Waals surface area (Å²) in [6.07, 6.45) is 1.00. The monoisotopic (exact) mass is 561 g/mol. The number of benzene rings is 4. The molecule has 1 saturated heterocycles. The van der Waals surface area contributed by atoms with E-state index in [2.05, 4.69) is 64.3 Å². The molecule has 7 nitrogen and oxygen atoms in total. The van der Waals surface area contributed by atoms with Gasteiger partial charge in [0, 0.05) is 24.9 Å². The van der Waals surface area contributed by atoms with E-state index in [-0.39, 0.29) is 30.6 Å². The van der Waals surface area contributed by atoms with E-state index >= 15 is 0 Å². The minimum Gasteiger partial charge on any atom is -0.392 e. The molecule has 0 saturated carbocycles. The third-order valence-corrected chi connectivity index (χ3v) is 8.01. The van der Waals surface area contributed by atoms with Crippen molar-refractivity contribution in [2.24, 2.45) is 5.92 Å². The molecule has 0 unspecified atom stereocenters. The Morgan fingerprint density at radius 1 is 0.881 bits per heavy atom. The van der Waals surface area contributed by atoms with Crippen LogP contribution >= 0.6 is 0 Å². The molecule has 7 heteroatoms. The topological polar surface area (TPSA) is 85.6 Å². The minimum absolute atomic E-state index is 0.00587. The van der Waals surface area contributed by atoms with Crippen LogP contribution < -0.4 is 5.32 Å². The summed E-state index contributed by atoms with van der Waals surface area (Å²) in [5.41, 5.74) is 8.10. The first-order valence-corrected chi connectivity index (χ1v) is 14.3. The largest absolute Gasteiger partial charge is 0.392 e. The van der Waals surface area contributed by atoms with E-state index < -0.39 is 6.29 Å². The van der Waals surface area contributed by atoms with Crippen LogP contribution in [0.1, 0.15) is 48.5 Å². The lowest BCUT2D eigenvalue weighted by molar-refractivity contribution is -0.276. The number of aromatic nitrogens is 2. The Bertz CT molecular complexity index is 1660. The van der Waals surface area contributed by atoms with Crippen molar-refractivity contribution in [3.63, 3.8) is 0 Å². The van der Waals surface area contributed by atoms with Gasteiger partial charge in [0.2, 0.25) is 5.91 Å². The van der Waals surface area contributed by atoms with E-state index in [1.165, 1.54) is 6.92 Å². The molecule has 0 bridgehead atoms. The third-order valence-electron chi connectivity index (χ3n) is 8.01. The molecule has 4 atom stereocenters. The highest BCUT2D eigenvalue weighted by Crippen LogP contribution is 2.42. The molecule has 1 aromatic heterocycles. The number of imidazole rings is 1. The van der Waals surface area contributed by atoms with Gasteiger partial charge in [-0.3, -0.25) is 4.79 Å². The summed E-state index contributed by atoms with van der Waals surface area (Å²) in [7, 11) is 0.